The minimum absolute atomic E-state index is 0.0146. The molecular weight excluding hydrogens is 322 g/mol. The van der Waals surface area contributed by atoms with E-state index in [1.54, 1.807) is 36.4 Å². The molecule has 112 valence electrons. The van der Waals surface area contributed by atoms with E-state index in [1.165, 1.54) is 11.8 Å². The maximum Gasteiger partial charge on any atom is 0.258 e. The van der Waals surface area contributed by atoms with E-state index >= 15 is 0 Å². The predicted octanol–water partition coefficient (Wildman–Crippen LogP) is 3.61. The standard InChI is InChI=1S/C15H12ClN3O2S/c1-22-15-12(6-7-13(16)19-15)14(20)18-10-2-4-11(5-3-10)21-9-8-17/h2-7H,9H2,1H3,(H,18,20). The number of hydrogen-bond donors (Lipinski definition) is 1. The molecule has 1 amide bonds. The van der Waals surface area contributed by atoms with Gasteiger partial charge in [0.25, 0.3) is 5.91 Å². The van der Waals surface area contributed by atoms with Crippen molar-refractivity contribution in [1.29, 1.82) is 5.26 Å². The quantitative estimate of drug-likeness (QED) is 0.668. The van der Waals surface area contributed by atoms with Crippen molar-refractivity contribution in [1.82, 2.24) is 4.98 Å². The molecule has 2 aromatic rings. The van der Waals surface area contributed by atoms with Crippen LogP contribution < -0.4 is 10.1 Å². The van der Waals surface area contributed by atoms with Crippen LogP contribution in [0.15, 0.2) is 41.4 Å². The fraction of sp³-hybridized carbons (Fsp3) is 0.133. The van der Waals surface area contributed by atoms with Crippen molar-refractivity contribution in [2.75, 3.05) is 18.2 Å². The second kappa shape index (κ2) is 7.69. The van der Waals surface area contributed by atoms with E-state index in [-0.39, 0.29) is 12.5 Å². The van der Waals surface area contributed by atoms with Gasteiger partial charge in [-0.1, -0.05) is 11.6 Å². The fourth-order valence-electron chi connectivity index (χ4n) is 1.69. The summed E-state index contributed by atoms with van der Waals surface area (Å²) in [5.41, 5.74) is 1.08. The summed E-state index contributed by atoms with van der Waals surface area (Å²) in [6, 6.07) is 11.9. The van der Waals surface area contributed by atoms with Gasteiger partial charge in [-0.05, 0) is 42.7 Å². The number of nitrogens with zero attached hydrogens (tertiary/aromatic N) is 2. The van der Waals surface area contributed by atoms with Crippen LogP contribution in [0.2, 0.25) is 5.15 Å². The number of hydrogen-bond acceptors (Lipinski definition) is 5. The highest BCUT2D eigenvalue weighted by atomic mass is 35.5. The van der Waals surface area contributed by atoms with Crippen molar-refractivity contribution < 1.29 is 9.53 Å². The van der Waals surface area contributed by atoms with Crippen molar-refractivity contribution in [3.63, 3.8) is 0 Å². The first-order chi connectivity index (χ1) is 10.6. The van der Waals surface area contributed by atoms with E-state index < -0.39 is 0 Å². The highest BCUT2D eigenvalue weighted by Gasteiger charge is 2.13. The third-order valence-electron chi connectivity index (χ3n) is 2.68. The van der Waals surface area contributed by atoms with E-state index in [9.17, 15) is 4.79 Å². The second-order valence-electron chi connectivity index (χ2n) is 4.12. The van der Waals surface area contributed by atoms with Crippen LogP contribution in [0.4, 0.5) is 5.69 Å². The molecule has 0 unspecified atom stereocenters. The molecule has 0 saturated heterocycles. The molecular formula is C15H12ClN3O2S. The van der Waals surface area contributed by atoms with Crippen LogP contribution in [-0.4, -0.2) is 23.8 Å². The van der Waals surface area contributed by atoms with E-state index in [4.69, 9.17) is 21.6 Å². The number of anilines is 1. The number of thioether (sulfide) groups is 1. The second-order valence-corrected chi connectivity index (χ2v) is 5.30. The molecule has 7 heteroatoms. The fourth-order valence-corrected chi connectivity index (χ4v) is 2.46. The lowest BCUT2D eigenvalue weighted by Crippen LogP contribution is -2.13. The number of carbonyl (C=O) groups is 1. The van der Waals surface area contributed by atoms with E-state index in [2.05, 4.69) is 10.3 Å². The summed E-state index contributed by atoms with van der Waals surface area (Å²) >= 11 is 7.18. The van der Waals surface area contributed by atoms with Crippen LogP contribution in [0.1, 0.15) is 10.4 Å². The zero-order valence-electron chi connectivity index (χ0n) is 11.7. The molecule has 0 atom stereocenters. The number of ether oxygens (including phenoxy) is 1. The number of aromatic nitrogens is 1. The Morgan fingerprint density at radius 1 is 1.36 bits per heavy atom. The lowest BCUT2D eigenvalue weighted by molar-refractivity contribution is 0.102. The van der Waals surface area contributed by atoms with Gasteiger partial charge in [-0.2, -0.15) is 5.26 Å². The Bertz CT molecular complexity index is 714. The molecule has 1 aromatic heterocycles. The average Bonchev–Trinajstić information content (AvgIpc) is 2.54. The normalized spacial score (nSPS) is 9.86. The van der Waals surface area contributed by atoms with Crippen molar-refractivity contribution >= 4 is 35.0 Å². The number of amides is 1. The van der Waals surface area contributed by atoms with Crippen LogP contribution in [0.3, 0.4) is 0 Å². The molecule has 1 aromatic carbocycles. The van der Waals surface area contributed by atoms with Gasteiger partial charge in [0.2, 0.25) is 0 Å². The van der Waals surface area contributed by atoms with Gasteiger partial charge in [-0.3, -0.25) is 4.79 Å². The third-order valence-corrected chi connectivity index (χ3v) is 3.59. The van der Waals surface area contributed by atoms with Gasteiger partial charge in [-0.15, -0.1) is 11.8 Å². The molecule has 0 fully saturated rings. The van der Waals surface area contributed by atoms with Gasteiger partial charge in [0.1, 0.15) is 22.0 Å². The summed E-state index contributed by atoms with van der Waals surface area (Å²) < 4.78 is 5.15. The Morgan fingerprint density at radius 2 is 2.09 bits per heavy atom. The summed E-state index contributed by atoms with van der Waals surface area (Å²) in [5.74, 6) is 0.303. The predicted molar refractivity (Wildman–Crippen MR) is 86.5 cm³/mol. The van der Waals surface area contributed by atoms with Crippen molar-refractivity contribution in [2.45, 2.75) is 5.03 Å². The topological polar surface area (TPSA) is 75.0 Å². The summed E-state index contributed by atoms with van der Waals surface area (Å²) in [4.78, 5) is 16.4. The summed E-state index contributed by atoms with van der Waals surface area (Å²) in [7, 11) is 0. The molecule has 0 saturated carbocycles. The van der Waals surface area contributed by atoms with Crippen LogP contribution in [0, 0.1) is 11.3 Å². The molecule has 0 bridgehead atoms. The lowest BCUT2D eigenvalue weighted by Gasteiger charge is -2.09. The average molecular weight is 334 g/mol. The number of benzene rings is 1. The number of pyridine rings is 1. The number of carbonyl (C=O) groups excluding carboxylic acids is 1. The highest BCUT2D eigenvalue weighted by Crippen LogP contribution is 2.22. The molecule has 5 nitrogen and oxygen atoms in total. The van der Waals surface area contributed by atoms with Gasteiger partial charge >= 0.3 is 0 Å². The van der Waals surface area contributed by atoms with Crippen LogP contribution in [0.25, 0.3) is 0 Å². The van der Waals surface area contributed by atoms with E-state index in [1.807, 2.05) is 12.3 Å². The summed E-state index contributed by atoms with van der Waals surface area (Å²) in [6.07, 6.45) is 1.83. The Balaban J connectivity index is 2.10. The van der Waals surface area contributed by atoms with Gasteiger partial charge in [0.15, 0.2) is 6.61 Å². The van der Waals surface area contributed by atoms with Gasteiger partial charge < -0.3 is 10.1 Å². The monoisotopic (exact) mass is 333 g/mol. The first kappa shape index (κ1) is 16.1. The van der Waals surface area contributed by atoms with E-state index in [0.717, 1.165) is 0 Å². The first-order valence-electron chi connectivity index (χ1n) is 6.25. The summed E-state index contributed by atoms with van der Waals surface area (Å²) in [5, 5.41) is 12.1. The summed E-state index contributed by atoms with van der Waals surface area (Å²) in [6.45, 7) is -0.0146. The first-order valence-corrected chi connectivity index (χ1v) is 7.86. The zero-order valence-corrected chi connectivity index (χ0v) is 13.2. The molecule has 0 aliphatic rings. The zero-order chi connectivity index (χ0) is 15.9. The highest BCUT2D eigenvalue weighted by molar-refractivity contribution is 7.98. The maximum atomic E-state index is 12.3. The van der Waals surface area contributed by atoms with Gasteiger partial charge in [-0.25, -0.2) is 4.98 Å². The Kier molecular flexibility index (Phi) is 5.64. The largest absolute Gasteiger partial charge is 0.479 e. The van der Waals surface area contributed by atoms with Gasteiger partial charge in [0, 0.05) is 5.69 Å². The Morgan fingerprint density at radius 3 is 2.73 bits per heavy atom. The molecule has 0 aliphatic carbocycles. The van der Waals surface area contributed by atoms with Crippen LogP contribution in [0.5, 0.6) is 5.75 Å². The molecule has 0 aliphatic heterocycles. The van der Waals surface area contributed by atoms with Gasteiger partial charge in [0.05, 0.1) is 5.56 Å². The Labute approximate surface area is 137 Å². The molecule has 0 spiro atoms. The van der Waals surface area contributed by atoms with Crippen LogP contribution >= 0.6 is 23.4 Å². The minimum atomic E-state index is -0.265. The lowest BCUT2D eigenvalue weighted by atomic mass is 10.2. The number of nitriles is 1. The maximum absolute atomic E-state index is 12.3. The minimum Gasteiger partial charge on any atom is -0.479 e. The number of rotatable bonds is 5. The number of halogens is 1. The molecule has 0 radical (unpaired) electrons. The molecule has 2 rings (SSSR count). The smallest absolute Gasteiger partial charge is 0.258 e. The molecule has 22 heavy (non-hydrogen) atoms. The number of nitrogens with one attached hydrogen (secondary N) is 1. The van der Waals surface area contributed by atoms with Crippen molar-refractivity contribution in [2.24, 2.45) is 0 Å². The Hall–Kier alpha value is -2.23. The van der Waals surface area contributed by atoms with Crippen molar-refractivity contribution in [3.8, 4) is 11.8 Å². The molecule has 1 heterocycles. The van der Waals surface area contributed by atoms with Crippen molar-refractivity contribution in [3.05, 3.63) is 47.1 Å². The third kappa shape index (κ3) is 4.13. The molecule has 1 N–H and O–H groups in total. The van der Waals surface area contributed by atoms with E-state index in [0.29, 0.717) is 27.2 Å². The van der Waals surface area contributed by atoms with Crippen LogP contribution in [-0.2, 0) is 0 Å². The SMILES string of the molecule is CSc1nc(Cl)ccc1C(=O)Nc1ccc(OCC#N)cc1.